The highest BCUT2D eigenvalue weighted by atomic mass is 16.5. The Hall–Kier alpha value is -1.75. The van der Waals surface area contributed by atoms with Gasteiger partial charge in [0.1, 0.15) is 17.9 Å². The molecule has 0 heterocycles. The topological polar surface area (TPSA) is 81.8 Å². The van der Waals surface area contributed by atoms with Crippen molar-refractivity contribution in [1.29, 1.82) is 0 Å². The largest absolute Gasteiger partial charge is 0.490 e. The molecule has 0 aliphatic heterocycles. The number of aliphatic hydroxyl groups is 1. The van der Waals surface area contributed by atoms with Crippen molar-refractivity contribution < 1.29 is 19.4 Å². The zero-order chi connectivity index (χ0) is 12.0. The minimum Gasteiger partial charge on any atom is -0.490 e. The van der Waals surface area contributed by atoms with Crippen LogP contribution >= 0.6 is 0 Å². The highest BCUT2D eigenvalue weighted by Crippen LogP contribution is 2.22. The number of rotatable bonds is 5. The van der Waals surface area contributed by atoms with E-state index in [1.165, 1.54) is 6.07 Å². The summed E-state index contributed by atoms with van der Waals surface area (Å²) in [6.07, 6.45) is 0. The number of benzene rings is 1. The number of aliphatic hydroxyl groups excluding tert-OH is 1. The number of carbonyl (C=O) groups excluding carboxylic acids is 1. The van der Waals surface area contributed by atoms with E-state index in [1.807, 2.05) is 0 Å². The van der Waals surface area contributed by atoms with Crippen LogP contribution in [0.25, 0.3) is 0 Å². The summed E-state index contributed by atoms with van der Waals surface area (Å²) in [5.41, 5.74) is 6.31. The normalized spacial score (nSPS) is 9.88. The standard InChI is InChI=1S/C11H15NO4/c1-2-15-11(14)9-7-8(12)3-4-10(9)16-6-5-13/h3-4,7,13H,2,5-6,12H2,1H3. The molecule has 3 N–H and O–H groups in total. The monoisotopic (exact) mass is 225 g/mol. The van der Waals surface area contributed by atoms with Crippen LogP contribution in [0.15, 0.2) is 18.2 Å². The Bertz CT molecular complexity index is 365. The van der Waals surface area contributed by atoms with Crippen LogP contribution in [-0.2, 0) is 4.74 Å². The number of carbonyl (C=O) groups is 1. The van der Waals surface area contributed by atoms with E-state index in [4.69, 9.17) is 20.3 Å². The lowest BCUT2D eigenvalue weighted by Crippen LogP contribution is -2.10. The second-order valence-electron chi connectivity index (χ2n) is 3.05. The van der Waals surface area contributed by atoms with Gasteiger partial charge in [-0.2, -0.15) is 0 Å². The second kappa shape index (κ2) is 5.97. The SMILES string of the molecule is CCOC(=O)c1cc(N)ccc1OCCO. The van der Waals surface area contributed by atoms with Crippen LogP contribution in [0.1, 0.15) is 17.3 Å². The second-order valence-corrected chi connectivity index (χ2v) is 3.05. The molecule has 0 unspecified atom stereocenters. The van der Waals surface area contributed by atoms with Crippen molar-refractivity contribution in [3.63, 3.8) is 0 Å². The van der Waals surface area contributed by atoms with Gasteiger partial charge in [0.15, 0.2) is 0 Å². The van der Waals surface area contributed by atoms with Crippen LogP contribution < -0.4 is 10.5 Å². The van der Waals surface area contributed by atoms with Crippen LogP contribution in [0.4, 0.5) is 5.69 Å². The predicted molar refractivity (Wildman–Crippen MR) is 59.4 cm³/mol. The fourth-order valence-corrected chi connectivity index (χ4v) is 1.20. The number of hydrogen-bond donors (Lipinski definition) is 2. The molecule has 1 aromatic carbocycles. The predicted octanol–water partition coefficient (Wildman–Crippen LogP) is 0.817. The molecule has 0 saturated carbocycles. The molecular weight excluding hydrogens is 210 g/mol. The van der Waals surface area contributed by atoms with Gasteiger partial charge in [0.25, 0.3) is 0 Å². The summed E-state index contributed by atoms with van der Waals surface area (Å²) in [6, 6.07) is 4.69. The smallest absolute Gasteiger partial charge is 0.341 e. The maximum atomic E-state index is 11.6. The summed E-state index contributed by atoms with van der Waals surface area (Å²) in [4.78, 5) is 11.6. The number of esters is 1. The fourth-order valence-electron chi connectivity index (χ4n) is 1.20. The molecule has 0 aromatic heterocycles. The molecule has 0 aliphatic rings. The van der Waals surface area contributed by atoms with Crippen LogP contribution in [0.5, 0.6) is 5.75 Å². The van der Waals surface area contributed by atoms with Gasteiger partial charge in [0.2, 0.25) is 0 Å². The molecule has 0 amide bonds. The number of anilines is 1. The highest BCUT2D eigenvalue weighted by Gasteiger charge is 2.13. The van der Waals surface area contributed by atoms with E-state index in [2.05, 4.69) is 0 Å². The molecule has 88 valence electrons. The number of nitrogen functional groups attached to an aromatic ring is 1. The maximum Gasteiger partial charge on any atom is 0.341 e. The van der Waals surface area contributed by atoms with E-state index < -0.39 is 5.97 Å². The lowest BCUT2D eigenvalue weighted by molar-refractivity contribution is 0.0520. The van der Waals surface area contributed by atoms with E-state index in [9.17, 15) is 4.79 Å². The Morgan fingerprint density at radius 1 is 1.50 bits per heavy atom. The van der Waals surface area contributed by atoms with Crippen molar-refractivity contribution in [3.8, 4) is 5.75 Å². The van der Waals surface area contributed by atoms with Gasteiger partial charge in [-0.25, -0.2) is 4.79 Å². The van der Waals surface area contributed by atoms with Gasteiger partial charge in [-0.15, -0.1) is 0 Å². The lowest BCUT2D eigenvalue weighted by atomic mass is 10.2. The van der Waals surface area contributed by atoms with Crippen LogP contribution in [0.2, 0.25) is 0 Å². The van der Waals surface area contributed by atoms with Gasteiger partial charge in [-0.3, -0.25) is 0 Å². The summed E-state index contributed by atoms with van der Waals surface area (Å²) >= 11 is 0. The first-order valence-corrected chi connectivity index (χ1v) is 4.99. The quantitative estimate of drug-likeness (QED) is 0.572. The zero-order valence-electron chi connectivity index (χ0n) is 9.10. The van der Waals surface area contributed by atoms with Gasteiger partial charge >= 0.3 is 5.97 Å². The van der Waals surface area contributed by atoms with Crippen molar-refractivity contribution in [3.05, 3.63) is 23.8 Å². The van der Waals surface area contributed by atoms with Gasteiger partial charge < -0.3 is 20.3 Å². The third kappa shape index (κ3) is 3.13. The van der Waals surface area contributed by atoms with Crippen LogP contribution in [0, 0.1) is 0 Å². The first-order chi connectivity index (χ1) is 7.69. The van der Waals surface area contributed by atoms with Gasteiger partial charge in [0.05, 0.1) is 13.2 Å². The van der Waals surface area contributed by atoms with Gasteiger partial charge in [-0.1, -0.05) is 0 Å². The van der Waals surface area contributed by atoms with E-state index in [1.54, 1.807) is 19.1 Å². The van der Waals surface area contributed by atoms with E-state index in [-0.39, 0.29) is 25.4 Å². The highest BCUT2D eigenvalue weighted by molar-refractivity contribution is 5.93. The van der Waals surface area contributed by atoms with Crippen molar-refractivity contribution >= 4 is 11.7 Å². The number of hydrogen-bond acceptors (Lipinski definition) is 5. The Morgan fingerprint density at radius 3 is 2.88 bits per heavy atom. The Balaban J connectivity index is 2.93. The van der Waals surface area contributed by atoms with E-state index in [0.29, 0.717) is 11.4 Å². The summed E-state index contributed by atoms with van der Waals surface area (Å²) in [6.45, 7) is 2.01. The fraction of sp³-hybridized carbons (Fsp3) is 0.364. The van der Waals surface area contributed by atoms with Crippen molar-refractivity contribution in [2.24, 2.45) is 0 Å². The van der Waals surface area contributed by atoms with Crippen molar-refractivity contribution in [2.75, 3.05) is 25.6 Å². The molecule has 16 heavy (non-hydrogen) atoms. The molecular formula is C11H15NO4. The molecule has 5 heteroatoms. The Labute approximate surface area is 93.8 Å². The van der Waals surface area contributed by atoms with Crippen molar-refractivity contribution in [2.45, 2.75) is 6.92 Å². The van der Waals surface area contributed by atoms with Crippen LogP contribution in [0.3, 0.4) is 0 Å². The van der Waals surface area contributed by atoms with E-state index in [0.717, 1.165) is 0 Å². The average molecular weight is 225 g/mol. The molecule has 0 fully saturated rings. The summed E-state index contributed by atoms with van der Waals surface area (Å²) in [5, 5.41) is 8.65. The summed E-state index contributed by atoms with van der Waals surface area (Å²) in [5.74, 6) is -0.121. The summed E-state index contributed by atoms with van der Waals surface area (Å²) < 4.78 is 10.1. The minimum absolute atomic E-state index is 0.118. The maximum absolute atomic E-state index is 11.6. The molecule has 1 rings (SSSR count). The Morgan fingerprint density at radius 2 is 2.25 bits per heavy atom. The molecule has 0 aliphatic carbocycles. The average Bonchev–Trinajstić information content (AvgIpc) is 2.27. The molecule has 5 nitrogen and oxygen atoms in total. The number of ether oxygens (including phenoxy) is 2. The summed E-state index contributed by atoms with van der Waals surface area (Å²) in [7, 11) is 0. The molecule has 0 bridgehead atoms. The van der Waals surface area contributed by atoms with Crippen molar-refractivity contribution in [1.82, 2.24) is 0 Å². The molecule has 0 saturated heterocycles. The van der Waals surface area contributed by atoms with Crippen LogP contribution in [-0.4, -0.2) is 30.9 Å². The minimum atomic E-state index is -0.484. The first-order valence-electron chi connectivity index (χ1n) is 4.99. The van der Waals surface area contributed by atoms with Gasteiger partial charge in [0, 0.05) is 5.69 Å². The molecule has 0 radical (unpaired) electrons. The third-order valence-corrected chi connectivity index (χ3v) is 1.85. The van der Waals surface area contributed by atoms with Gasteiger partial charge in [-0.05, 0) is 25.1 Å². The van der Waals surface area contributed by atoms with E-state index >= 15 is 0 Å². The third-order valence-electron chi connectivity index (χ3n) is 1.85. The lowest BCUT2D eigenvalue weighted by Gasteiger charge is -2.10. The first kappa shape index (κ1) is 12.3. The molecule has 1 aromatic rings. The number of nitrogens with two attached hydrogens (primary N) is 1. The zero-order valence-corrected chi connectivity index (χ0v) is 9.10. The molecule has 0 atom stereocenters. The Kier molecular flexibility index (Phi) is 4.60. The molecule has 0 spiro atoms.